The number of benzene rings is 2. The molecule has 0 saturated heterocycles. The van der Waals surface area contributed by atoms with Crippen molar-refractivity contribution in [2.75, 3.05) is 0 Å². The van der Waals surface area contributed by atoms with E-state index >= 15 is 0 Å². The minimum atomic E-state index is 0.861. The van der Waals surface area contributed by atoms with Gasteiger partial charge in [-0.15, -0.1) is 4.79 Å². The molecule has 0 aliphatic carbocycles. The molecule has 0 heterocycles. The van der Waals surface area contributed by atoms with Crippen molar-refractivity contribution in [1.82, 2.24) is 0 Å². The van der Waals surface area contributed by atoms with Crippen LogP contribution in [0, 0.1) is 0 Å². The third kappa shape index (κ3) is 11.4. The van der Waals surface area contributed by atoms with Gasteiger partial charge in [-0.25, -0.2) is 0 Å². The van der Waals surface area contributed by atoms with Crippen LogP contribution in [0.5, 0.6) is 0 Å². The maximum Gasteiger partial charge on any atom is 0.303 e. The third-order valence-corrected chi connectivity index (χ3v) is 9.05. The van der Waals surface area contributed by atoms with Crippen molar-refractivity contribution in [3.8, 4) is 0 Å². The summed E-state index contributed by atoms with van der Waals surface area (Å²) in [5.74, 6) is 2.95. The van der Waals surface area contributed by atoms with Crippen LogP contribution in [0.3, 0.4) is 0 Å². The summed E-state index contributed by atoms with van der Waals surface area (Å²) in [5.41, 5.74) is 23.6. The zero-order valence-electron chi connectivity index (χ0n) is 29.0. The van der Waals surface area contributed by atoms with Crippen LogP contribution >= 0.6 is 0 Å². The zero-order chi connectivity index (χ0) is 31.5. The lowest BCUT2D eigenvalue weighted by Crippen LogP contribution is -2.06. The number of allylic oxidation sites excluding steroid dienone is 2. The lowest BCUT2D eigenvalue weighted by atomic mass is 9.83. The molecule has 43 heavy (non-hydrogen) atoms. The highest BCUT2D eigenvalue weighted by Crippen LogP contribution is 2.34. The quantitative estimate of drug-likeness (QED) is 0.0461. The van der Waals surface area contributed by atoms with Crippen molar-refractivity contribution in [2.45, 2.75) is 164 Å². The molecule has 0 aliphatic heterocycles. The van der Waals surface area contributed by atoms with Crippen molar-refractivity contribution in [3.63, 3.8) is 0 Å². The highest BCUT2D eigenvalue weighted by Gasteiger charge is 2.18. The standard InChI is InChI=1S/C41H62N2/c1-8-15-19-23-35-29-38(30-36(24-20-16-9-2)40(35)25-21-17-10-3)41(26-32(31-43-42)22-18-11-4)37-27-33(12-5)39(14-7)34(13-6)28-37/h26-30H,8-25H2,1-7H3. The van der Waals surface area contributed by atoms with Gasteiger partial charge in [0, 0.05) is 0 Å². The Kier molecular flexibility index (Phi) is 17.9. The van der Waals surface area contributed by atoms with Crippen LogP contribution in [0.25, 0.3) is 11.1 Å². The first-order valence-electron chi connectivity index (χ1n) is 18.0. The fourth-order valence-electron chi connectivity index (χ4n) is 6.54. The Labute approximate surface area is 265 Å². The van der Waals surface area contributed by atoms with Crippen LogP contribution < -0.4 is 0 Å². The average Bonchev–Trinajstić information content (AvgIpc) is 3.02. The van der Waals surface area contributed by atoms with E-state index in [1.54, 1.807) is 16.7 Å². The Morgan fingerprint density at radius 1 is 0.581 bits per heavy atom. The summed E-state index contributed by atoms with van der Waals surface area (Å²) >= 11 is 0. The van der Waals surface area contributed by atoms with Crippen LogP contribution in [0.4, 0.5) is 0 Å². The topological polar surface area (TPSA) is 36.4 Å². The molecule has 0 unspecified atom stereocenters. The fourth-order valence-corrected chi connectivity index (χ4v) is 6.54. The molecule has 2 aromatic rings. The van der Waals surface area contributed by atoms with E-state index in [2.05, 4.69) is 89.5 Å². The van der Waals surface area contributed by atoms with Gasteiger partial charge in [-0.05, 0) is 127 Å². The van der Waals surface area contributed by atoms with Crippen molar-refractivity contribution >= 4 is 11.4 Å². The fraction of sp³-hybridized carbons (Fsp3) is 0.610. The SMILES string of the molecule is CCCCCc1cc(C(=CC(=C=[N+]=[N-])CCCC)c2cc(CC)c(CC)c(CC)c2)cc(CCCCC)c1CCCCC. The van der Waals surface area contributed by atoms with Gasteiger partial charge >= 0.3 is 5.87 Å². The third-order valence-electron chi connectivity index (χ3n) is 9.05. The summed E-state index contributed by atoms with van der Waals surface area (Å²) in [6, 6.07) is 9.95. The van der Waals surface area contributed by atoms with E-state index in [4.69, 9.17) is 0 Å². The van der Waals surface area contributed by atoms with Gasteiger partial charge in [0.15, 0.2) is 0 Å². The van der Waals surface area contributed by atoms with Gasteiger partial charge in [-0.1, -0.05) is 118 Å². The van der Waals surface area contributed by atoms with Crippen molar-refractivity contribution in [3.05, 3.63) is 86.0 Å². The molecule has 0 aliphatic rings. The monoisotopic (exact) mass is 582 g/mol. The van der Waals surface area contributed by atoms with E-state index in [0.717, 1.165) is 56.9 Å². The largest absolute Gasteiger partial charge is 0.348 e. The number of hydrogen-bond donors (Lipinski definition) is 0. The molecule has 0 aromatic heterocycles. The Morgan fingerprint density at radius 3 is 1.47 bits per heavy atom. The summed E-state index contributed by atoms with van der Waals surface area (Å²) in [7, 11) is 0. The average molecular weight is 583 g/mol. The van der Waals surface area contributed by atoms with E-state index < -0.39 is 0 Å². The van der Waals surface area contributed by atoms with Gasteiger partial charge in [0.25, 0.3) is 0 Å². The van der Waals surface area contributed by atoms with E-state index in [1.165, 1.54) is 97.6 Å². The van der Waals surface area contributed by atoms with E-state index in [1.807, 2.05) is 0 Å². The maximum absolute atomic E-state index is 9.55. The van der Waals surface area contributed by atoms with Gasteiger partial charge in [-0.2, -0.15) is 0 Å². The molecule has 2 rings (SSSR count). The predicted octanol–water partition coefficient (Wildman–Crippen LogP) is 12.0. The molecule has 236 valence electrons. The van der Waals surface area contributed by atoms with Crippen molar-refractivity contribution < 1.29 is 4.79 Å². The van der Waals surface area contributed by atoms with Crippen molar-refractivity contribution in [2.24, 2.45) is 0 Å². The Hall–Kier alpha value is -2.66. The molecular weight excluding hydrogens is 520 g/mol. The van der Waals surface area contributed by atoms with Gasteiger partial charge in [0.05, 0.1) is 5.57 Å². The van der Waals surface area contributed by atoms with Crippen LogP contribution in [0.2, 0.25) is 0 Å². The molecule has 0 radical (unpaired) electrons. The van der Waals surface area contributed by atoms with Crippen LogP contribution in [0.1, 0.15) is 170 Å². The number of unbranched alkanes of at least 4 members (excludes halogenated alkanes) is 7. The first-order valence-corrected chi connectivity index (χ1v) is 18.0. The number of rotatable bonds is 21. The van der Waals surface area contributed by atoms with Gasteiger partial charge < -0.3 is 5.53 Å². The second-order valence-electron chi connectivity index (χ2n) is 12.4. The molecule has 0 fully saturated rings. The van der Waals surface area contributed by atoms with Gasteiger partial charge in [-0.3, -0.25) is 0 Å². The molecule has 0 saturated carbocycles. The zero-order valence-corrected chi connectivity index (χ0v) is 29.0. The molecule has 0 amide bonds. The summed E-state index contributed by atoms with van der Waals surface area (Å²) in [6.45, 7) is 16.0. The number of nitrogens with zero attached hydrogens (tertiary/aromatic N) is 2. The van der Waals surface area contributed by atoms with E-state index in [9.17, 15) is 5.53 Å². The van der Waals surface area contributed by atoms with E-state index in [0.29, 0.717) is 0 Å². The van der Waals surface area contributed by atoms with Gasteiger partial charge in [0.2, 0.25) is 0 Å². The number of hydrogen-bond acceptors (Lipinski definition) is 0. The molecule has 0 atom stereocenters. The predicted molar refractivity (Wildman–Crippen MR) is 189 cm³/mol. The van der Waals surface area contributed by atoms with Crippen LogP contribution in [-0.4, -0.2) is 10.7 Å². The van der Waals surface area contributed by atoms with E-state index in [-0.39, 0.29) is 0 Å². The molecule has 0 bridgehead atoms. The maximum atomic E-state index is 9.55. The Bertz CT molecular complexity index is 1180. The Balaban J connectivity index is 2.93. The minimum absolute atomic E-state index is 0.861. The summed E-state index contributed by atoms with van der Waals surface area (Å²) in [4.78, 5) is 3.38. The first kappa shape index (κ1) is 36.5. The molecule has 2 nitrogen and oxygen atoms in total. The lowest BCUT2D eigenvalue weighted by molar-refractivity contribution is 0.00746. The molecule has 2 heteroatoms. The highest BCUT2D eigenvalue weighted by molar-refractivity contribution is 5.85. The van der Waals surface area contributed by atoms with Crippen LogP contribution in [0.15, 0.2) is 35.9 Å². The second kappa shape index (κ2) is 21.1. The normalized spacial score (nSPS) is 11.5. The number of aryl methyl sites for hydroxylation is 4. The summed E-state index contributed by atoms with van der Waals surface area (Å²) < 4.78 is 0. The molecule has 0 N–H and O–H groups in total. The van der Waals surface area contributed by atoms with Crippen molar-refractivity contribution in [1.29, 1.82) is 0 Å². The highest BCUT2D eigenvalue weighted by atomic mass is 14.8. The first-order chi connectivity index (χ1) is 21.0. The summed E-state index contributed by atoms with van der Waals surface area (Å²) in [6.07, 6.45) is 23.3. The molecule has 0 spiro atoms. The molecule has 2 aromatic carbocycles. The van der Waals surface area contributed by atoms with Gasteiger partial charge in [0.1, 0.15) is 0 Å². The lowest BCUT2D eigenvalue weighted by Gasteiger charge is -2.21. The Morgan fingerprint density at radius 2 is 1.05 bits per heavy atom. The minimum Gasteiger partial charge on any atom is -0.348 e. The summed E-state index contributed by atoms with van der Waals surface area (Å²) in [5, 5.41) is 0. The smallest absolute Gasteiger partial charge is 0.303 e. The molecular formula is C41H62N2. The second-order valence-corrected chi connectivity index (χ2v) is 12.4. The van der Waals surface area contributed by atoms with Crippen LogP contribution in [-0.2, 0) is 38.5 Å².